The summed E-state index contributed by atoms with van der Waals surface area (Å²) in [5.41, 5.74) is 2.20. The number of anilines is 1. The Kier molecular flexibility index (Phi) is 6.49. The van der Waals surface area contributed by atoms with E-state index in [4.69, 9.17) is 4.74 Å². The minimum Gasteiger partial charge on any atom is -0.478 e. The molecule has 1 aliphatic heterocycles. The van der Waals surface area contributed by atoms with Crippen LogP contribution in [0.25, 0.3) is 0 Å². The van der Waals surface area contributed by atoms with Crippen LogP contribution in [0.15, 0.2) is 42.6 Å². The normalized spacial score (nSPS) is 13.5. The topological polar surface area (TPSA) is 101 Å². The molecule has 1 fully saturated rings. The van der Waals surface area contributed by atoms with E-state index in [9.17, 15) is 14.4 Å². The molecule has 4 amide bonds. The lowest BCUT2D eigenvalue weighted by Gasteiger charge is -2.13. The number of amides is 4. The van der Waals surface area contributed by atoms with Gasteiger partial charge in [0.05, 0.1) is 18.9 Å². The summed E-state index contributed by atoms with van der Waals surface area (Å²) in [5, 5.41) is 5.27. The number of ether oxygens (including phenoxy) is 1. The van der Waals surface area contributed by atoms with Crippen LogP contribution in [0.4, 0.5) is 15.3 Å². The van der Waals surface area contributed by atoms with Crippen LogP contribution in [-0.2, 0) is 17.9 Å². The second kappa shape index (κ2) is 9.23. The van der Waals surface area contributed by atoms with Crippen molar-refractivity contribution in [1.82, 2.24) is 15.2 Å². The standard InChI is InChI=1S/C19H20N4O4S/c1-2-27-17-14(4-3-9-20-17)10-21-18(25)22-15-7-5-13(6-8-15)11-23-16(24)12-28-19(23)26/h3-9H,2,10-12H2,1H3,(H2,21,22,25). The molecule has 146 valence electrons. The lowest BCUT2D eigenvalue weighted by Crippen LogP contribution is -2.29. The fourth-order valence-corrected chi connectivity index (χ4v) is 3.31. The van der Waals surface area contributed by atoms with E-state index >= 15 is 0 Å². The number of urea groups is 1. The van der Waals surface area contributed by atoms with Crippen LogP contribution in [0.2, 0.25) is 0 Å². The summed E-state index contributed by atoms with van der Waals surface area (Å²) in [6.07, 6.45) is 1.64. The first-order valence-corrected chi connectivity index (χ1v) is 9.73. The molecule has 0 atom stereocenters. The van der Waals surface area contributed by atoms with Crippen molar-refractivity contribution in [3.05, 3.63) is 53.7 Å². The molecule has 8 nitrogen and oxygen atoms in total. The van der Waals surface area contributed by atoms with Gasteiger partial charge < -0.3 is 15.4 Å². The second-order valence-corrected chi connectivity index (χ2v) is 6.87. The SMILES string of the molecule is CCOc1ncccc1CNC(=O)Nc1ccc(CN2C(=O)CSC2=O)cc1. The molecule has 28 heavy (non-hydrogen) atoms. The summed E-state index contributed by atoms with van der Waals surface area (Å²) in [6, 6.07) is 10.3. The van der Waals surface area contributed by atoms with Gasteiger partial charge in [-0.05, 0) is 30.7 Å². The van der Waals surface area contributed by atoms with Crippen molar-refractivity contribution in [1.29, 1.82) is 0 Å². The van der Waals surface area contributed by atoms with Gasteiger partial charge in [0.1, 0.15) is 0 Å². The molecular formula is C19H20N4O4S. The van der Waals surface area contributed by atoms with Gasteiger partial charge in [-0.1, -0.05) is 30.0 Å². The third-order valence-corrected chi connectivity index (χ3v) is 4.82. The Balaban J connectivity index is 1.52. The number of rotatable bonds is 7. The number of carbonyl (C=O) groups excluding carboxylic acids is 3. The van der Waals surface area contributed by atoms with Crippen LogP contribution in [0.3, 0.4) is 0 Å². The maximum Gasteiger partial charge on any atom is 0.319 e. The van der Waals surface area contributed by atoms with E-state index in [0.29, 0.717) is 18.2 Å². The average molecular weight is 400 g/mol. The van der Waals surface area contributed by atoms with E-state index in [1.807, 2.05) is 13.0 Å². The molecule has 2 heterocycles. The van der Waals surface area contributed by atoms with E-state index in [2.05, 4.69) is 15.6 Å². The predicted octanol–water partition coefficient (Wildman–Crippen LogP) is 3.00. The minimum atomic E-state index is -0.361. The first kappa shape index (κ1) is 19.7. The van der Waals surface area contributed by atoms with Crippen LogP contribution >= 0.6 is 11.8 Å². The number of thioether (sulfide) groups is 1. The van der Waals surface area contributed by atoms with Crippen molar-refractivity contribution in [2.75, 3.05) is 17.7 Å². The third-order valence-electron chi connectivity index (χ3n) is 3.96. The van der Waals surface area contributed by atoms with Crippen molar-refractivity contribution in [2.24, 2.45) is 0 Å². The van der Waals surface area contributed by atoms with Gasteiger partial charge in [0.25, 0.3) is 5.24 Å². The van der Waals surface area contributed by atoms with Gasteiger partial charge in [-0.25, -0.2) is 9.78 Å². The first-order chi connectivity index (χ1) is 13.6. The zero-order valence-corrected chi connectivity index (χ0v) is 16.1. The van der Waals surface area contributed by atoms with E-state index < -0.39 is 0 Å². The fraction of sp³-hybridized carbons (Fsp3) is 0.263. The van der Waals surface area contributed by atoms with Crippen molar-refractivity contribution in [3.63, 3.8) is 0 Å². The van der Waals surface area contributed by atoms with E-state index in [0.717, 1.165) is 22.9 Å². The van der Waals surface area contributed by atoms with Crippen molar-refractivity contribution in [2.45, 2.75) is 20.0 Å². The number of imide groups is 1. The molecule has 0 saturated carbocycles. The summed E-state index contributed by atoms with van der Waals surface area (Å²) in [7, 11) is 0. The molecule has 2 aromatic rings. The molecular weight excluding hydrogens is 380 g/mol. The summed E-state index contributed by atoms with van der Waals surface area (Å²) in [4.78, 5) is 40.8. The molecule has 0 bridgehead atoms. The maximum absolute atomic E-state index is 12.1. The number of carbonyl (C=O) groups is 3. The van der Waals surface area contributed by atoms with Gasteiger partial charge in [-0.15, -0.1) is 0 Å². The Hall–Kier alpha value is -3.07. The number of hydrogen-bond acceptors (Lipinski definition) is 6. The molecule has 1 aromatic heterocycles. The zero-order valence-electron chi connectivity index (χ0n) is 15.3. The Morgan fingerprint density at radius 3 is 2.71 bits per heavy atom. The van der Waals surface area contributed by atoms with Gasteiger partial charge in [-0.3, -0.25) is 14.5 Å². The molecule has 2 N–H and O–H groups in total. The van der Waals surface area contributed by atoms with Gasteiger partial charge in [0.2, 0.25) is 11.8 Å². The number of nitrogens with zero attached hydrogens (tertiary/aromatic N) is 2. The van der Waals surface area contributed by atoms with Crippen LogP contribution in [0, 0.1) is 0 Å². The monoisotopic (exact) mass is 400 g/mol. The maximum atomic E-state index is 12.1. The van der Waals surface area contributed by atoms with Gasteiger partial charge in [0, 0.05) is 24.0 Å². The van der Waals surface area contributed by atoms with Gasteiger partial charge in [0.15, 0.2) is 0 Å². The number of nitrogens with one attached hydrogen (secondary N) is 2. The van der Waals surface area contributed by atoms with E-state index in [1.54, 1.807) is 36.5 Å². The fourth-order valence-electron chi connectivity index (χ4n) is 2.59. The molecule has 1 saturated heterocycles. The van der Waals surface area contributed by atoms with Crippen molar-refractivity contribution in [3.8, 4) is 5.88 Å². The average Bonchev–Trinajstić information content (AvgIpc) is 3.01. The van der Waals surface area contributed by atoms with Crippen LogP contribution in [-0.4, -0.2) is 39.4 Å². The molecule has 0 aliphatic carbocycles. The molecule has 0 radical (unpaired) electrons. The van der Waals surface area contributed by atoms with Crippen molar-refractivity contribution < 1.29 is 19.1 Å². The minimum absolute atomic E-state index is 0.182. The summed E-state index contributed by atoms with van der Waals surface area (Å²) >= 11 is 1.01. The quantitative estimate of drug-likeness (QED) is 0.741. The second-order valence-electron chi connectivity index (χ2n) is 5.94. The smallest absolute Gasteiger partial charge is 0.319 e. The molecule has 0 unspecified atom stereocenters. The van der Waals surface area contributed by atoms with E-state index in [-0.39, 0.29) is 36.0 Å². The third kappa shape index (κ3) is 5.01. The molecule has 1 aromatic carbocycles. The highest BCUT2D eigenvalue weighted by Gasteiger charge is 2.29. The van der Waals surface area contributed by atoms with Crippen LogP contribution in [0.5, 0.6) is 5.88 Å². The van der Waals surface area contributed by atoms with Gasteiger partial charge >= 0.3 is 6.03 Å². The molecule has 1 aliphatic rings. The highest BCUT2D eigenvalue weighted by molar-refractivity contribution is 8.14. The van der Waals surface area contributed by atoms with Crippen LogP contribution in [0.1, 0.15) is 18.1 Å². The Morgan fingerprint density at radius 1 is 1.25 bits per heavy atom. The van der Waals surface area contributed by atoms with Crippen molar-refractivity contribution >= 4 is 34.6 Å². The highest BCUT2D eigenvalue weighted by atomic mass is 32.2. The Bertz CT molecular complexity index is 856. The highest BCUT2D eigenvalue weighted by Crippen LogP contribution is 2.22. The Labute approximate surface area is 166 Å². The Morgan fingerprint density at radius 2 is 2.04 bits per heavy atom. The molecule has 3 rings (SSSR count). The largest absolute Gasteiger partial charge is 0.478 e. The predicted molar refractivity (Wildman–Crippen MR) is 106 cm³/mol. The summed E-state index contributed by atoms with van der Waals surface area (Å²) in [6.45, 7) is 2.88. The lowest BCUT2D eigenvalue weighted by molar-refractivity contribution is -0.125. The van der Waals surface area contributed by atoms with E-state index in [1.165, 1.54) is 4.90 Å². The lowest BCUT2D eigenvalue weighted by atomic mass is 10.2. The zero-order chi connectivity index (χ0) is 19.9. The number of aromatic nitrogens is 1. The molecule has 9 heteroatoms. The number of pyridine rings is 1. The summed E-state index contributed by atoms with van der Waals surface area (Å²) < 4.78 is 5.43. The van der Waals surface area contributed by atoms with Crippen LogP contribution < -0.4 is 15.4 Å². The number of benzene rings is 1. The van der Waals surface area contributed by atoms with Gasteiger partial charge in [-0.2, -0.15) is 0 Å². The summed E-state index contributed by atoms with van der Waals surface area (Å²) in [5.74, 6) is 0.512. The number of hydrogen-bond donors (Lipinski definition) is 2. The first-order valence-electron chi connectivity index (χ1n) is 8.74. The molecule has 0 spiro atoms.